The predicted octanol–water partition coefficient (Wildman–Crippen LogP) is 3.17. The first-order valence-corrected chi connectivity index (χ1v) is 9.21. The summed E-state index contributed by atoms with van der Waals surface area (Å²) >= 11 is 0. The second-order valence-electron chi connectivity index (χ2n) is 6.93. The van der Waals surface area contributed by atoms with Gasteiger partial charge in [0.25, 0.3) is 5.91 Å². The van der Waals surface area contributed by atoms with E-state index >= 15 is 0 Å². The zero-order chi connectivity index (χ0) is 20.3. The lowest BCUT2D eigenvalue weighted by Crippen LogP contribution is -2.20. The van der Waals surface area contributed by atoms with Crippen LogP contribution in [0.3, 0.4) is 0 Å². The number of pyridine rings is 1. The Hall–Kier alpha value is -3.19. The molecule has 7 nitrogen and oxygen atoms in total. The Morgan fingerprint density at radius 3 is 2.61 bits per heavy atom. The van der Waals surface area contributed by atoms with Gasteiger partial charge in [-0.1, -0.05) is 19.1 Å². The standard InChI is InChI=1S/C21H25N5O2/c1-5-15-9-10-16(22-14(2)27)12-17(15)23-21(28)20-18(13-25(3)4)26-11-7-6-8-19(26)24-20/h6-12H,5,13H2,1-4H3,(H,22,27)(H,23,28). The predicted molar refractivity (Wildman–Crippen MR) is 111 cm³/mol. The quantitative estimate of drug-likeness (QED) is 0.690. The second kappa shape index (κ2) is 8.22. The van der Waals surface area contributed by atoms with Crippen molar-refractivity contribution < 1.29 is 9.59 Å². The lowest BCUT2D eigenvalue weighted by molar-refractivity contribution is -0.114. The van der Waals surface area contributed by atoms with Crippen molar-refractivity contribution in [2.45, 2.75) is 26.8 Å². The molecule has 1 aromatic carbocycles. The highest BCUT2D eigenvalue weighted by Crippen LogP contribution is 2.23. The Labute approximate surface area is 164 Å². The van der Waals surface area contributed by atoms with Crippen LogP contribution in [0, 0.1) is 0 Å². The molecule has 2 heterocycles. The smallest absolute Gasteiger partial charge is 0.276 e. The number of amides is 2. The van der Waals surface area contributed by atoms with Gasteiger partial charge >= 0.3 is 0 Å². The van der Waals surface area contributed by atoms with E-state index in [4.69, 9.17) is 0 Å². The van der Waals surface area contributed by atoms with Crippen molar-refractivity contribution in [3.8, 4) is 0 Å². The first-order chi connectivity index (χ1) is 13.4. The van der Waals surface area contributed by atoms with Crippen molar-refractivity contribution >= 4 is 28.8 Å². The third kappa shape index (κ3) is 4.20. The van der Waals surface area contributed by atoms with Gasteiger partial charge in [0, 0.05) is 31.0 Å². The second-order valence-corrected chi connectivity index (χ2v) is 6.93. The number of anilines is 2. The molecule has 0 radical (unpaired) electrons. The minimum absolute atomic E-state index is 0.157. The van der Waals surface area contributed by atoms with Gasteiger partial charge in [0.2, 0.25) is 5.91 Å². The molecule has 0 fully saturated rings. The molecular weight excluding hydrogens is 354 g/mol. The topological polar surface area (TPSA) is 78.7 Å². The number of nitrogens with zero attached hydrogens (tertiary/aromatic N) is 3. The van der Waals surface area contributed by atoms with Gasteiger partial charge in [0.15, 0.2) is 5.69 Å². The van der Waals surface area contributed by atoms with E-state index in [0.717, 1.165) is 23.3 Å². The summed E-state index contributed by atoms with van der Waals surface area (Å²) in [4.78, 5) is 31.0. The first kappa shape index (κ1) is 19.6. The maximum atomic E-state index is 13.1. The van der Waals surface area contributed by atoms with Crippen LogP contribution < -0.4 is 10.6 Å². The average Bonchev–Trinajstić information content (AvgIpc) is 3.00. The Bertz CT molecular complexity index is 1020. The molecule has 0 atom stereocenters. The van der Waals surface area contributed by atoms with Crippen LogP contribution in [0.5, 0.6) is 0 Å². The van der Waals surface area contributed by atoms with Crippen molar-refractivity contribution in [3.05, 3.63) is 59.5 Å². The fourth-order valence-corrected chi connectivity index (χ4v) is 3.14. The summed E-state index contributed by atoms with van der Waals surface area (Å²) in [6.45, 7) is 4.06. The van der Waals surface area contributed by atoms with Crippen LogP contribution in [0.2, 0.25) is 0 Å². The SMILES string of the molecule is CCc1ccc(NC(C)=O)cc1NC(=O)c1nc2ccccn2c1CN(C)C. The zero-order valence-electron chi connectivity index (χ0n) is 16.6. The summed E-state index contributed by atoms with van der Waals surface area (Å²) in [5, 5.41) is 5.73. The molecule has 0 unspecified atom stereocenters. The van der Waals surface area contributed by atoms with Crippen molar-refractivity contribution in [2.24, 2.45) is 0 Å². The maximum Gasteiger partial charge on any atom is 0.276 e. The molecule has 2 N–H and O–H groups in total. The number of carbonyl (C=O) groups is 2. The summed E-state index contributed by atoms with van der Waals surface area (Å²) in [7, 11) is 3.91. The Balaban J connectivity index is 1.98. The number of benzene rings is 1. The van der Waals surface area contributed by atoms with Gasteiger partial charge in [0.05, 0.1) is 5.69 Å². The van der Waals surface area contributed by atoms with Crippen LogP contribution in [0.1, 0.15) is 35.6 Å². The molecule has 28 heavy (non-hydrogen) atoms. The largest absolute Gasteiger partial charge is 0.326 e. The first-order valence-electron chi connectivity index (χ1n) is 9.21. The Morgan fingerprint density at radius 2 is 1.93 bits per heavy atom. The number of hydrogen-bond donors (Lipinski definition) is 2. The zero-order valence-corrected chi connectivity index (χ0v) is 16.6. The molecule has 0 aliphatic carbocycles. The van der Waals surface area contributed by atoms with Crippen LogP contribution in [0.25, 0.3) is 5.65 Å². The number of fused-ring (bicyclic) bond motifs is 1. The monoisotopic (exact) mass is 379 g/mol. The van der Waals surface area contributed by atoms with Crippen LogP contribution in [0.4, 0.5) is 11.4 Å². The average molecular weight is 379 g/mol. The molecule has 146 valence electrons. The molecule has 0 bridgehead atoms. The highest BCUT2D eigenvalue weighted by molar-refractivity contribution is 6.05. The van der Waals surface area contributed by atoms with Crippen LogP contribution in [-0.2, 0) is 17.8 Å². The molecule has 0 aliphatic heterocycles. The van der Waals surface area contributed by atoms with Crippen molar-refractivity contribution in [1.29, 1.82) is 0 Å². The normalized spacial score (nSPS) is 11.0. The van der Waals surface area contributed by atoms with E-state index in [1.807, 2.05) is 66.8 Å². The molecular formula is C21H25N5O2. The van der Waals surface area contributed by atoms with Crippen molar-refractivity contribution in [2.75, 3.05) is 24.7 Å². The van der Waals surface area contributed by atoms with Crippen LogP contribution in [-0.4, -0.2) is 40.2 Å². The number of nitrogens with one attached hydrogen (secondary N) is 2. The number of hydrogen-bond acceptors (Lipinski definition) is 4. The Kier molecular flexibility index (Phi) is 5.75. The molecule has 7 heteroatoms. The molecule has 0 aliphatic rings. The fourth-order valence-electron chi connectivity index (χ4n) is 3.14. The lowest BCUT2D eigenvalue weighted by atomic mass is 10.1. The molecule has 0 spiro atoms. The maximum absolute atomic E-state index is 13.1. The number of aromatic nitrogens is 2. The lowest BCUT2D eigenvalue weighted by Gasteiger charge is -2.14. The third-order valence-electron chi connectivity index (χ3n) is 4.37. The summed E-state index contributed by atoms with van der Waals surface area (Å²) in [6.07, 6.45) is 2.67. The summed E-state index contributed by atoms with van der Waals surface area (Å²) in [5.41, 5.74) is 4.25. The van der Waals surface area contributed by atoms with Gasteiger partial charge in [0.1, 0.15) is 5.65 Å². The number of rotatable bonds is 6. The minimum atomic E-state index is -0.268. The van der Waals surface area contributed by atoms with Gasteiger partial charge in [-0.2, -0.15) is 0 Å². The molecule has 2 amide bonds. The number of imidazole rings is 1. The van der Waals surface area contributed by atoms with E-state index in [2.05, 4.69) is 15.6 Å². The highest BCUT2D eigenvalue weighted by atomic mass is 16.2. The molecule has 3 aromatic rings. The minimum Gasteiger partial charge on any atom is -0.326 e. The van der Waals surface area contributed by atoms with E-state index in [0.29, 0.717) is 23.6 Å². The van der Waals surface area contributed by atoms with Crippen LogP contribution in [0.15, 0.2) is 42.6 Å². The number of carbonyl (C=O) groups excluding carboxylic acids is 2. The van der Waals surface area contributed by atoms with Gasteiger partial charge in [-0.05, 0) is 50.3 Å². The van der Waals surface area contributed by atoms with Crippen LogP contribution >= 0.6 is 0 Å². The van der Waals surface area contributed by atoms with Gasteiger partial charge in [-0.15, -0.1) is 0 Å². The fraction of sp³-hybridized carbons (Fsp3) is 0.286. The van der Waals surface area contributed by atoms with Gasteiger partial charge in [-0.3, -0.25) is 9.59 Å². The van der Waals surface area contributed by atoms with E-state index in [1.165, 1.54) is 6.92 Å². The van der Waals surface area contributed by atoms with Crippen molar-refractivity contribution in [3.63, 3.8) is 0 Å². The van der Waals surface area contributed by atoms with Gasteiger partial charge in [-0.25, -0.2) is 4.98 Å². The summed E-state index contributed by atoms with van der Waals surface area (Å²) < 4.78 is 1.93. The molecule has 2 aromatic heterocycles. The Morgan fingerprint density at radius 1 is 1.14 bits per heavy atom. The van der Waals surface area contributed by atoms with E-state index in [-0.39, 0.29) is 11.8 Å². The van der Waals surface area contributed by atoms with E-state index < -0.39 is 0 Å². The van der Waals surface area contributed by atoms with Crippen molar-refractivity contribution in [1.82, 2.24) is 14.3 Å². The molecule has 3 rings (SSSR count). The van der Waals surface area contributed by atoms with Gasteiger partial charge < -0.3 is 19.9 Å². The van der Waals surface area contributed by atoms with E-state index in [1.54, 1.807) is 6.07 Å². The molecule has 0 saturated heterocycles. The highest BCUT2D eigenvalue weighted by Gasteiger charge is 2.20. The molecule has 0 saturated carbocycles. The summed E-state index contributed by atoms with van der Waals surface area (Å²) in [5.74, 6) is -0.426. The summed E-state index contributed by atoms with van der Waals surface area (Å²) in [6, 6.07) is 11.2. The third-order valence-corrected chi connectivity index (χ3v) is 4.37. The van der Waals surface area contributed by atoms with E-state index in [9.17, 15) is 9.59 Å². The number of aryl methyl sites for hydroxylation is 1.